The van der Waals surface area contributed by atoms with Crippen molar-refractivity contribution in [3.8, 4) is 5.88 Å². The second kappa shape index (κ2) is 6.35. The lowest BCUT2D eigenvalue weighted by atomic mass is 10.2. The molecule has 0 aromatic carbocycles. The number of aromatic nitrogens is 2. The average molecular weight is 329 g/mol. The molecule has 7 nitrogen and oxygen atoms in total. The average Bonchev–Trinajstić information content (AvgIpc) is 3.06. The van der Waals surface area contributed by atoms with E-state index in [0.29, 0.717) is 35.1 Å². The van der Waals surface area contributed by atoms with E-state index in [4.69, 9.17) is 13.6 Å². The van der Waals surface area contributed by atoms with Crippen LogP contribution in [0.2, 0.25) is 0 Å². The third kappa shape index (κ3) is 3.24. The van der Waals surface area contributed by atoms with Crippen molar-refractivity contribution in [2.75, 3.05) is 6.61 Å². The lowest BCUT2D eigenvalue weighted by Crippen LogP contribution is -2.28. The molecular formula is C17H19N3O4. The first-order valence-electron chi connectivity index (χ1n) is 7.63. The van der Waals surface area contributed by atoms with Crippen molar-refractivity contribution in [1.82, 2.24) is 15.3 Å². The van der Waals surface area contributed by atoms with Crippen molar-refractivity contribution < 1.29 is 18.4 Å². The van der Waals surface area contributed by atoms with Crippen LogP contribution in [0.3, 0.4) is 0 Å². The van der Waals surface area contributed by atoms with Gasteiger partial charge in [0, 0.05) is 5.56 Å². The van der Waals surface area contributed by atoms with Crippen LogP contribution in [-0.4, -0.2) is 22.5 Å². The van der Waals surface area contributed by atoms with Crippen LogP contribution < -0.4 is 10.1 Å². The van der Waals surface area contributed by atoms with E-state index in [1.807, 2.05) is 32.9 Å². The van der Waals surface area contributed by atoms with Gasteiger partial charge in [-0.05, 0) is 39.8 Å². The normalized spacial score (nSPS) is 11.0. The highest BCUT2D eigenvalue weighted by atomic mass is 16.5. The van der Waals surface area contributed by atoms with Gasteiger partial charge in [-0.2, -0.15) is 9.97 Å². The number of hydrogen-bond acceptors (Lipinski definition) is 6. The standard InChI is InChI=1S/C17H19N3O4/c1-9-5-6-13(23-9)7-18-14(21)8-22-16-15-10(2)11(3)24-17(15)20-12(4)19-16/h5-6H,7-8H2,1-4H3,(H,18,21). The van der Waals surface area contributed by atoms with Crippen molar-refractivity contribution in [3.63, 3.8) is 0 Å². The first-order valence-corrected chi connectivity index (χ1v) is 7.63. The summed E-state index contributed by atoms with van der Waals surface area (Å²) in [6.45, 7) is 7.54. The quantitative estimate of drug-likeness (QED) is 0.774. The first kappa shape index (κ1) is 16.0. The van der Waals surface area contributed by atoms with E-state index in [1.54, 1.807) is 6.92 Å². The van der Waals surface area contributed by atoms with Crippen LogP contribution in [-0.2, 0) is 11.3 Å². The minimum atomic E-state index is -0.258. The van der Waals surface area contributed by atoms with Gasteiger partial charge in [-0.3, -0.25) is 4.79 Å². The number of carbonyl (C=O) groups is 1. The van der Waals surface area contributed by atoms with Crippen molar-refractivity contribution in [1.29, 1.82) is 0 Å². The highest BCUT2D eigenvalue weighted by Crippen LogP contribution is 2.30. The molecule has 1 N–H and O–H groups in total. The van der Waals surface area contributed by atoms with Crippen LogP contribution >= 0.6 is 0 Å². The van der Waals surface area contributed by atoms with Crippen LogP contribution in [0.25, 0.3) is 11.1 Å². The Hall–Kier alpha value is -2.83. The Morgan fingerprint density at radius 3 is 2.67 bits per heavy atom. The zero-order valence-electron chi connectivity index (χ0n) is 14.1. The van der Waals surface area contributed by atoms with Crippen molar-refractivity contribution in [2.45, 2.75) is 34.2 Å². The number of amides is 1. The molecule has 0 radical (unpaired) electrons. The van der Waals surface area contributed by atoms with Crippen LogP contribution in [0.4, 0.5) is 0 Å². The summed E-state index contributed by atoms with van der Waals surface area (Å²) in [7, 11) is 0. The molecule has 3 rings (SSSR count). The Morgan fingerprint density at radius 1 is 1.17 bits per heavy atom. The maximum Gasteiger partial charge on any atom is 0.258 e. The molecule has 7 heteroatoms. The fourth-order valence-electron chi connectivity index (χ4n) is 2.37. The predicted molar refractivity (Wildman–Crippen MR) is 86.8 cm³/mol. The van der Waals surface area contributed by atoms with Gasteiger partial charge in [0.05, 0.1) is 6.54 Å². The van der Waals surface area contributed by atoms with Gasteiger partial charge in [0.1, 0.15) is 28.5 Å². The molecule has 24 heavy (non-hydrogen) atoms. The van der Waals surface area contributed by atoms with E-state index in [0.717, 1.165) is 17.1 Å². The summed E-state index contributed by atoms with van der Waals surface area (Å²) in [6.07, 6.45) is 0. The fraction of sp³-hybridized carbons (Fsp3) is 0.353. The number of ether oxygens (including phenoxy) is 1. The summed E-state index contributed by atoms with van der Waals surface area (Å²) in [5, 5.41) is 3.44. The molecule has 0 aliphatic carbocycles. The van der Waals surface area contributed by atoms with Gasteiger partial charge in [0.25, 0.3) is 5.91 Å². The minimum absolute atomic E-state index is 0.144. The summed E-state index contributed by atoms with van der Waals surface area (Å²) in [5.74, 6) is 2.88. The molecule has 3 heterocycles. The molecule has 0 saturated carbocycles. The minimum Gasteiger partial charge on any atom is -0.467 e. The Labute approximate surface area is 139 Å². The van der Waals surface area contributed by atoms with Gasteiger partial charge in [-0.1, -0.05) is 0 Å². The lowest BCUT2D eigenvalue weighted by Gasteiger charge is -2.07. The predicted octanol–water partition coefficient (Wildman–Crippen LogP) is 2.74. The summed E-state index contributed by atoms with van der Waals surface area (Å²) in [5.41, 5.74) is 1.38. The summed E-state index contributed by atoms with van der Waals surface area (Å²) in [4.78, 5) is 20.5. The van der Waals surface area contributed by atoms with Gasteiger partial charge < -0.3 is 18.9 Å². The number of aryl methyl sites for hydroxylation is 4. The third-order valence-corrected chi connectivity index (χ3v) is 3.70. The Morgan fingerprint density at radius 2 is 1.96 bits per heavy atom. The topological polar surface area (TPSA) is 90.4 Å². The van der Waals surface area contributed by atoms with Gasteiger partial charge in [0.2, 0.25) is 11.6 Å². The Kier molecular flexibility index (Phi) is 4.24. The van der Waals surface area contributed by atoms with Crippen LogP contribution in [0, 0.1) is 27.7 Å². The van der Waals surface area contributed by atoms with Gasteiger partial charge >= 0.3 is 0 Å². The maximum absolute atomic E-state index is 12.0. The Balaban J connectivity index is 1.67. The van der Waals surface area contributed by atoms with Crippen molar-refractivity contribution in [3.05, 3.63) is 40.8 Å². The van der Waals surface area contributed by atoms with E-state index in [2.05, 4.69) is 15.3 Å². The molecule has 0 aliphatic rings. The number of furan rings is 2. The molecule has 0 bridgehead atoms. The molecule has 0 fully saturated rings. The van der Waals surface area contributed by atoms with E-state index in [-0.39, 0.29) is 12.5 Å². The highest BCUT2D eigenvalue weighted by molar-refractivity contribution is 5.84. The zero-order chi connectivity index (χ0) is 17.3. The maximum atomic E-state index is 12.0. The number of nitrogens with one attached hydrogen (secondary N) is 1. The van der Waals surface area contributed by atoms with Gasteiger partial charge in [-0.15, -0.1) is 0 Å². The summed E-state index contributed by atoms with van der Waals surface area (Å²) >= 11 is 0. The molecule has 0 spiro atoms. The number of nitrogens with zero attached hydrogens (tertiary/aromatic N) is 2. The molecule has 3 aromatic rings. The number of fused-ring (bicyclic) bond motifs is 1. The first-order chi connectivity index (χ1) is 11.4. The lowest BCUT2D eigenvalue weighted by molar-refractivity contribution is -0.123. The fourth-order valence-corrected chi connectivity index (χ4v) is 2.37. The van der Waals surface area contributed by atoms with E-state index in [1.165, 1.54) is 0 Å². The number of carbonyl (C=O) groups excluding carboxylic acids is 1. The van der Waals surface area contributed by atoms with Crippen molar-refractivity contribution in [2.24, 2.45) is 0 Å². The molecule has 0 unspecified atom stereocenters. The smallest absolute Gasteiger partial charge is 0.258 e. The van der Waals surface area contributed by atoms with Crippen LogP contribution in [0.1, 0.15) is 28.7 Å². The van der Waals surface area contributed by atoms with Crippen LogP contribution in [0.5, 0.6) is 5.88 Å². The summed E-state index contributed by atoms with van der Waals surface area (Å²) in [6, 6.07) is 3.67. The molecule has 126 valence electrons. The molecule has 0 atom stereocenters. The zero-order valence-corrected chi connectivity index (χ0v) is 14.1. The van der Waals surface area contributed by atoms with E-state index < -0.39 is 0 Å². The van der Waals surface area contributed by atoms with Crippen LogP contribution in [0.15, 0.2) is 21.0 Å². The van der Waals surface area contributed by atoms with Gasteiger partial charge in [-0.25, -0.2) is 0 Å². The highest BCUT2D eigenvalue weighted by Gasteiger charge is 2.17. The number of hydrogen-bond donors (Lipinski definition) is 1. The second-order valence-electron chi connectivity index (χ2n) is 5.62. The second-order valence-corrected chi connectivity index (χ2v) is 5.62. The third-order valence-electron chi connectivity index (χ3n) is 3.70. The molecular weight excluding hydrogens is 310 g/mol. The van der Waals surface area contributed by atoms with E-state index in [9.17, 15) is 4.79 Å². The molecule has 1 amide bonds. The van der Waals surface area contributed by atoms with Crippen molar-refractivity contribution >= 4 is 17.0 Å². The largest absolute Gasteiger partial charge is 0.467 e. The Bertz CT molecular complexity index is 895. The molecule has 0 aliphatic heterocycles. The van der Waals surface area contributed by atoms with Gasteiger partial charge in [0.15, 0.2) is 6.61 Å². The monoisotopic (exact) mass is 329 g/mol. The molecule has 3 aromatic heterocycles. The molecule has 0 saturated heterocycles. The SMILES string of the molecule is Cc1nc(OCC(=O)NCc2ccc(C)o2)c2c(C)c(C)oc2n1. The number of rotatable bonds is 5. The van der Waals surface area contributed by atoms with E-state index >= 15 is 0 Å². The summed E-state index contributed by atoms with van der Waals surface area (Å²) < 4.78 is 16.6.